The van der Waals surface area contributed by atoms with E-state index in [0.717, 1.165) is 23.8 Å². The molecule has 3 aliphatic rings. The predicted molar refractivity (Wildman–Crippen MR) is 95.2 cm³/mol. The highest BCUT2D eigenvalue weighted by atomic mass is 15.2. The van der Waals surface area contributed by atoms with Crippen molar-refractivity contribution in [3.63, 3.8) is 0 Å². The maximum absolute atomic E-state index is 3.97. The van der Waals surface area contributed by atoms with E-state index in [-0.39, 0.29) is 0 Å². The average molecular weight is 307 g/mol. The zero-order valence-corrected chi connectivity index (χ0v) is 14.9. The van der Waals surface area contributed by atoms with Gasteiger partial charge in [-0.2, -0.15) is 0 Å². The van der Waals surface area contributed by atoms with Crippen molar-refractivity contribution in [2.75, 3.05) is 26.2 Å². The first-order valence-corrected chi connectivity index (χ1v) is 10.3. The fourth-order valence-electron chi connectivity index (χ4n) is 5.32. The summed E-state index contributed by atoms with van der Waals surface area (Å²) >= 11 is 0. The van der Waals surface area contributed by atoms with Crippen LogP contribution in [0.25, 0.3) is 0 Å². The Bertz CT molecular complexity index is 305. The van der Waals surface area contributed by atoms with Crippen molar-refractivity contribution >= 4 is 0 Å². The molecule has 128 valence electrons. The molecule has 22 heavy (non-hydrogen) atoms. The molecule has 0 aromatic rings. The number of hydrogen-bond donors (Lipinski definition) is 1. The Balaban J connectivity index is 1.47. The highest BCUT2D eigenvalue weighted by Gasteiger charge is 2.29. The molecule has 0 amide bonds. The molecule has 3 fully saturated rings. The first kappa shape index (κ1) is 16.8. The molecule has 1 heterocycles. The number of likely N-dealkylation sites (tertiary alicyclic amines) is 1. The van der Waals surface area contributed by atoms with Crippen molar-refractivity contribution in [1.29, 1.82) is 0 Å². The summed E-state index contributed by atoms with van der Waals surface area (Å²) in [5.74, 6) is 2.94. The van der Waals surface area contributed by atoms with E-state index in [1.165, 1.54) is 96.8 Å². The lowest BCUT2D eigenvalue weighted by atomic mass is 9.89. The van der Waals surface area contributed by atoms with Crippen LogP contribution in [0.3, 0.4) is 0 Å². The van der Waals surface area contributed by atoms with E-state index < -0.39 is 0 Å². The second-order valence-electron chi connectivity index (χ2n) is 8.52. The van der Waals surface area contributed by atoms with Gasteiger partial charge in [0.2, 0.25) is 0 Å². The van der Waals surface area contributed by atoms with Gasteiger partial charge in [-0.1, -0.05) is 39.0 Å². The topological polar surface area (TPSA) is 15.3 Å². The Morgan fingerprint density at radius 3 is 2.23 bits per heavy atom. The molecule has 1 aliphatic heterocycles. The van der Waals surface area contributed by atoms with Gasteiger partial charge >= 0.3 is 0 Å². The Morgan fingerprint density at radius 1 is 0.864 bits per heavy atom. The Labute approximate surface area is 138 Å². The fraction of sp³-hybridized carbons (Fsp3) is 1.00. The van der Waals surface area contributed by atoms with Crippen LogP contribution in [0.4, 0.5) is 0 Å². The first-order chi connectivity index (χ1) is 10.8. The first-order valence-electron chi connectivity index (χ1n) is 10.3. The molecule has 2 unspecified atom stereocenters. The van der Waals surface area contributed by atoms with Crippen LogP contribution < -0.4 is 5.32 Å². The standard InChI is InChI=1S/C20H38N2/c1-2-7-19-12-20(21-13-17-8-3-4-9-17)16-22(15-19)14-18-10-5-6-11-18/h17-21H,2-16H2,1H3. The maximum Gasteiger partial charge on any atom is 0.0198 e. The molecule has 2 saturated carbocycles. The van der Waals surface area contributed by atoms with Gasteiger partial charge in [0.05, 0.1) is 0 Å². The monoisotopic (exact) mass is 306 g/mol. The van der Waals surface area contributed by atoms with Crippen molar-refractivity contribution in [2.45, 2.75) is 83.6 Å². The van der Waals surface area contributed by atoms with Gasteiger partial charge in [-0.15, -0.1) is 0 Å². The van der Waals surface area contributed by atoms with Gasteiger partial charge in [0, 0.05) is 25.7 Å². The normalized spacial score (nSPS) is 32.0. The molecule has 1 N–H and O–H groups in total. The molecule has 1 saturated heterocycles. The molecular formula is C20H38N2. The van der Waals surface area contributed by atoms with E-state index >= 15 is 0 Å². The number of piperidine rings is 1. The zero-order valence-electron chi connectivity index (χ0n) is 14.9. The van der Waals surface area contributed by atoms with Crippen LogP contribution in [0.2, 0.25) is 0 Å². The largest absolute Gasteiger partial charge is 0.312 e. The van der Waals surface area contributed by atoms with Crippen LogP contribution in [0.1, 0.15) is 77.6 Å². The van der Waals surface area contributed by atoms with Crippen molar-refractivity contribution in [3.8, 4) is 0 Å². The van der Waals surface area contributed by atoms with E-state index in [0.29, 0.717) is 0 Å². The van der Waals surface area contributed by atoms with Crippen molar-refractivity contribution in [2.24, 2.45) is 17.8 Å². The van der Waals surface area contributed by atoms with Gasteiger partial charge in [-0.05, 0) is 62.8 Å². The van der Waals surface area contributed by atoms with Crippen LogP contribution in [0.5, 0.6) is 0 Å². The molecule has 2 heteroatoms. The summed E-state index contributed by atoms with van der Waals surface area (Å²) in [4.78, 5) is 2.83. The van der Waals surface area contributed by atoms with Crippen molar-refractivity contribution in [1.82, 2.24) is 10.2 Å². The molecule has 3 rings (SSSR count). The molecule has 0 aromatic carbocycles. The minimum Gasteiger partial charge on any atom is -0.312 e. The number of hydrogen-bond acceptors (Lipinski definition) is 2. The molecule has 0 spiro atoms. The van der Waals surface area contributed by atoms with Crippen LogP contribution >= 0.6 is 0 Å². The highest BCUT2D eigenvalue weighted by molar-refractivity contribution is 4.86. The van der Waals surface area contributed by atoms with Gasteiger partial charge < -0.3 is 10.2 Å². The molecule has 2 nitrogen and oxygen atoms in total. The molecule has 0 radical (unpaired) electrons. The van der Waals surface area contributed by atoms with Crippen LogP contribution in [-0.4, -0.2) is 37.1 Å². The SMILES string of the molecule is CCCC1CC(NCC2CCCC2)CN(CC2CCCC2)C1. The van der Waals surface area contributed by atoms with E-state index in [9.17, 15) is 0 Å². The van der Waals surface area contributed by atoms with E-state index in [4.69, 9.17) is 0 Å². The Kier molecular flexibility index (Phi) is 6.62. The summed E-state index contributed by atoms with van der Waals surface area (Å²) in [7, 11) is 0. The Morgan fingerprint density at radius 2 is 1.55 bits per heavy atom. The highest BCUT2D eigenvalue weighted by Crippen LogP contribution is 2.29. The summed E-state index contributed by atoms with van der Waals surface area (Å²) in [6.07, 6.45) is 16.1. The zero-order chi connectivity index (χ0) is 15.2. The third-order valence-electron chi connectivity index (χ3n) is 6.47. The van der Waals surface area contributed by atoms with Crippen LogP contribution in [0, 0.1) is 17.8 Å². The minimum atomic E-state index is 0.771. The van der Waals surface area contributed by atoms with Crippen molar-refractivity contribution in [3.05, 3.63) is 0 Å². The molecule has 0 aromatic heterocycles. The second kappa shape index (κ2) is 8.68. The van der Waals surface area contributed by atoms with Gasteiger partial charge in [-0.25, -0.2) is 0 Å². The maximum atomic E-state index is 3.97. The molecular weight excluding hydrogens is 268 g/mol. The third-order valence-corrected chi connectivity index (χ3v) is 6.47. The second-order valence-corrected chi connectivity index (χ2v) is 8.52. The summed E-state index contributed by atoms with van der Waals surface area (Å²) < 4.78 is 0. The van der Waals surface area contributed by atoms with Gasteiger partial charge in [0.1, 0.15) is 0 Å². The average Bonchev–Trinajstić information content (AvgIpc) is 3.18. The summed E-state index contributed by atoms with van der Waals surface area (Å²) in [6.45, 7) is 7.74. The lowest BCUT2D eigenvalue weighted by molar-refractivity contribution is 0.116. The fourth-order valence-corrected chi connectivity index (χ4v) is 5.32. The number of rotatable bonds is 7. The van der Waals surface area contributed by atoms with Gasteiger partial charge in [0.25, 0.3) is 0 Å². The molecule has 2 atom stereocenters. The molecule has 2 aliphatic carbocycles. The summed E-state index contributed by atoms with van der Waals surface area (Å²) in [5, 5.41) is 3.97. The van der Waals surface area contributed by atoms with Gasteiger partial charge in [-0.3, -0.25) is 0 Å². The van der Waals surface area contributed by atoms with E-state index in [2.05, 4.69) is 17.1 Å². The van der Waals surface area contributed by atoms with E-state index in [1.54, 1.807) is 0 Å². The number of nitrogens with one attached hydrogen (secondary N) is 1. The smallest absolute Gasteiger partial charge is 0.0198 e. The Hall–Kier alpha value is -0.0800. The third kappa shape index (κ3) is 4.96. The predicted octanol–water partition coefficient (Wildman–Crippen LogP) is 4.45. The van der Waals surface area contributed by atoms with E-state index in [1.807, 2.05) is 0 Å². The minimum absolute atomic E-state index is 0.771. The lowest BCUT2D eigenvalue weighted by Gasteiger charge is -2.39. The van der Waals surface area contributed by atoms with Crippen LogP contribution in [0.15, 0.2) is 0 Å². The lowest BCUT2D eigenvalue weighted by Crippen LogP contribution is -2.51. The number of nitrogens with zero attached hydrogens (tertiary/aromatic N) is 1. The van der Waals surface area contributed by atoms with Crippen molar-refractivity contribution < 1.29 is 0 Å². The molecule has 0 bridgehead atoms. The quantitative estimate of drug-likeness (QED) is 0.747. The summed E-state index contributed by atoms with van der Waals surface area (Å²) in [6, 6.07) is 0.771. The van der Waals surface area contributed by atoms with Gasteiger partial charge in [0.15, 0.2) is 0 Å². The van der Waals surface area contributed by atoms with Crippen LogP contribution in [-0.2, 0) is 0 Å². The summed E-state index contributed by atoms with van der Waals surface area (Å²) in [5.41, 5.74) is 0.